The van der Waals surface area contributed by atoms with Crippen LogP contribution in [0.2, 0.25) is 0 Å². The van der Waals surface area contributed by atoms with Crippen molar-refractivity contribution in [3.63, 3.8) is 0 Å². The molecule has 2 aliphatic carbocycles. The summed E-state index contributed by atoms with van der Waals surface area (Å²) in [4.78, 5) is 0. The van der Waals surface area contributed by atoms with Gasteiger partial charge >= 0.3 is 0 Å². The minimum atomic E-state index is 0.323. The molecule has 2 N–H and O–H groups in total. The monoisotopic (exact) mass is 365 g/mol. The van der Waals surface area contributed by atoms with Crippen LogP contribution in [0.3, 0.4) is 0 Å². The highest BCUT2D eigenvalue weighted by Crippen LogP contribution is 2.35. The van der Waals surface area contributed by atoms with E-state index in [1.165, 1.54) is 35.1 Å². The van der Waals surface area contributed by atoms with Crippen LogP contribution in [0, 0.1) is 0 Å². The fourth-order valence-corrected chi connectivity index (χ4v) is 4.49. The second kappa shape index (κ2) is 9.01. The standard InChI is InChI=1S/C24H31NO2/c25-23-10-8-21(15-23)19-6-7-22-16-24(11-9-20(22)14-19)27-13-12-26-17-18-4-2-1-3-5-18/h1-7,14,21,23-24H,8-13,15-17,25H2/t21?,23?,24-/m0/s1. The molecular weight excluding hydrogens is 334 g/mol. The second-order valence-corrected chi connectivity index (χ2v) is 8.07. The van der Waals surface area contributed by atoms with Crippen LogP contribution in [0.4, 0.5) is 0 Å². The molecule has 0 spiro atoms. The first-order valence-electron chi connectivity index (χ1n) is 10.4. The van der Waals surface area contributed by atoms with E-state index in [9.17, 15) is 0 Å². The largest absolute Gasteiger partial charge is 0.375 e. The number of ether oxygens (including phenoxy) is 2. The Morgan fingerprint density at radius 1 is 0.926 bits per heavy atom. The van der Waals surface area contributed by atoms with Gasteiger partial charge in [0.1, 0.15) is 0 Å². The van der Waals surface area contributed by atoms with E-state index >= 15 is 0 Å². The zero-order chi connectivity index (χ0) is 18.5. The summed E-state index contributed by atoms with van der Waals surface area (Å²) in [6.07, 6.45) is 7.14. The lowest BCUT2D eigenvalue weighted by Crippen LogP contribution is -2.24. The topological polar surface area (TPSA) is 44.5 Å². The van der Waals surface area contributed by atoms with Gasteiger partial charge in [0.05, 0.1) is 25.9 Å². The highest BCUT2D eigenvalue weighted by atomic mass is 16.5. The van der Waals surface area contributed by atoms with Gasteiger partial charge in [-0.15, -0.1) is 0 Å². The van der Waals surface area contributed by atoms with Crippen molar-refractivity contribution in [3.8, 4) is 0 Å². The van der Waals surface area contributed by atoms with Gasteiger partial charge in [-0.1, -0.05) is 48.5 Å². The maximum atomic E-state index is 6.09. The number of aryl methyl sites for hydroxylation is 1. The third kappa shape index (κ3) is 4.98. The molecule has 2 unspecified atom stereocenters. The summed E-state index contributed by atoms with van der Waals surface area (Å²) in [5.74, 6) is 0.668. The van der Waals surface area contributed by atoms with Crippen LogP contribution in [0.1, 0.15) is 53.9 Å². The summed E-state index contributed by atoms with van der Waals surface area (Å²) in [7, 11) is 0. The van der Waals surface area contributed by atoms with Crippen molar-refractivity contribution in [2.45, 2.75) is 63.2 Å². The van der Waals surface area contributed by atoms with Gasteiger partial charge in [0.25, 0.3) is 0 Å². The van der Waals surface area contributed by atoms with Crippen molar-refractivity contribution >= 4 is 0 Å². The molecule has 4 rings (SSSR count). The fraction of sp³-hybridized carbons (Fsp3) is 0.500. The quantitative estimate of drug-likeness (QED) is 0.741. The van der Waals surface area contributed by atoms with Gasteiger partial charge in [0.2, 0.25) is 0 Å². The van der Waals surface area contributed by atoms with Gasteiger partial charge in [-0.25, -0.2) is 0 Å². The number of hydrogen-bond acceptors (Lipinski definition) is 3. The number of fused-ring (bicyclic) bond motifs is 1. The van der Waals surface area contributed by atoms with E-state index in [1.807, 2.05) is 18.2 Å². The highest BCUT2D eigenvalue weighted by Gasteiger charge is 2.25. The molecule has 0 amide bonds. The zero-order valence-electron chi connectivity index (χ0n) is 16.1. The third-order valence-corrected chi connectivity index (χ3v) is 6.05. The van der Waals surface area contributed by atoms with Crippen molar-refractivity contribution in [1.29, 1.82) is 0 Å². The van der Waals surface area contributed by atoms with Crippen molar-refractivity contribution in [1.82, 2.24) is 0 Å². The van der Waals surface area contributed by atoms with Crippen LogP contribution in [0.15, 0.2) is 48.5 Å². The fourth-order valence-electron chi connectivity index (χ4n) is 4.49. The summed E-state index contributed by atoms with van der Waals surface area (Å²) in [6.45, 7) is 1.98. The lowest BCUT2D eigenvalue weighted by Gasteiger charge is -2.26. The Balaban J connectivity index is 1.21. The molecule has 2 aromatic carbocycles. The first-order valence-corrected chi connectivity index (χ1v) is 10.4. The van der Waals surface area contributed by atoms with Gasteiger partial charge in [0, 0.05) is 6.04 Å². The van der Waals surface area contributed by atoms with Gasteiger partial charge in [-0.05, 0) is 66.7 Å². The first-order chi connectivity index (χ1) is 13.3. The molecule has 1 fully saturated rings. The molecular formula is C24H31NO2. The van der Waals surface area contributed by atoms with E-state index in [4.69, 9.17) is 15.2 Å². The average Bonchev–Trinajstić information content (AvgIpc) is 3.14. The van der Waals surface area contributed by atoms with Crippen molar-refractivity contribution in [2.75, 3.05) is 13.2 Å². The van der Waals surface area contributed by atoms with Crippen LogP contribution in [-0.4, -0.2) is 25.4 Å². The van der Waals surface area contributed by atoms with Crippen LogP contribution >= 0.6 is 0 Å². The molecule has 3 atom stereocenters. The Hall–Kier alpha value is -1.68. The Kier molecular flexibility index (Phi) is 6.23. The molecule has 0 aromatic heterocycles. The molecule has 2 aromatic rings. The maximum absolute atomic E-state index is 6.09. The minimum Gasteiger partial charge on any atom is -0.375 e. The molecule has 144 valence electrons. The molecule has 0 bridgehead atoms. The van der Waals surface area contributed by atoms with Crippen LogP contribution < -0.4 is 5.73 Å². The smallest absolute Gasteiger partial charge is 0.0718 e. The molecule has 0 aliphatic heterocycles. The molecule has 1 saturated carbocycles. The number of benzene rings is 2. The zero-order valence-corrected chi connectivity index (χ0v) is 16.1. The van der Waals surface area contributed by atoms with Crippen LogP contribution in [0.5, 0.6) is 0 Å². The van der Waals surface area contributed by atoms with Crippen molar-refractivity contribution < 1.29 is 9.47 Å². The van der Waals surface area contributed by atoms with E-state index in [0.717, 1.165) is 25.7 Å². The molecule has 0 saturated heterocycles. The van der Waals surface area contributed by atoms with Gasteiger partial charge in [-0.3, -0.25) is 0 Å². The lowest BCUT2D eigenvalue weighted by atomic mass is 9.86. The molecule has 2 aliphatic rings. The Labute approximate surface area is 162 Å². The predicted molar refractivity (Wildman–Crippen MR) is 109 cm³/mol. The summed E-state index contributed by atoms with van der Waals surface area (Å²) in [5.41, 5.74) is 11.8. The maximum Gasteiger partial charge on any atom is 0.0718 e. The Bertz CT molecular complexity index is 730. The Morgan fingerprint density at radius 3 is 2.63 bits per heavy atom. The first kappa shape index (κ1) is 18.7. The van der Waals surface area contributed by atoms with Crippen molar-refractivity contribution in [3.05, 3.63) is 70.8 Å². The number of nitrogens with two attached hydrogens (primary N) is 1. The second-order valence-electron chi connectivity index (χ2n) is 8.07. The third-order valence-electron chi connectivity index (χ3n) is 6.05. The van der Waals surface area contributed by atoms with Crippen LogP contribution in [-0.2, 0) is 28.9 Å². The van der Waals surface area contributed by atoms with Crippen molar-refractivity contribution in [2.24, 2.45) is 5.73 Å². The molecule has 3 nitrogen and oxygen atoms in total. The van der Waals surface area contributed by atoms with E-state index in [2.05, 4.69) is 30.3 Å². The van der Waals surface area contributed by atoms with Gasteiger partial charge < -0.3 is 15.2 Å². The summed E-state index contributed by atoms with van der Waals surface area (Å²) < 4.78 is 11.8. The van der Waals surface area contributed by atoms with Gasteiger partial charge in [0.15, 0.2) is 0 Å². The average molecular weight is 366 g/mol. The lowest BCUT2D eigenvalue weighted by molar-refractivity contribution is -0.00459. The van der Waals surface area contributed by atoms with E-state index < -0.39 is 0 Å². The van der Waals surface area contributed by atoms with Crippen LogP contribution in [0.25, 0.3) is 0 Å². The molecule has 0 heterocycles. The summed E-state index contributed by atoms with van der Waals surface area (Å²) in [6, 6.07) is 17.8. The van der Waals surface area contributed by atoms with E-state index in [-0.39, 0.29) is 0 Å². The SMILES string of the molecule is NC1CCC(c2ccc3c(c2)CC[C@H](OCCOCc2ccccc2)C3)C1. The van der Waals surface area contributed by atoms with E-state index in [0.29, 0.717) is 37.9 Å². The predicted octanol–water partition coefficient (Wildman–Crippen LogP) is 4.37. The normalized spacial score (nSPS) is 24.7. The summed E-state index contributed by atoms with van der Waals surface area (Å²) in [5, 5.41) is 0. The molecule has 3 heteroatoms. The molecule has 0 radical (unpaired) electrons. The molecule has 27 heavy (non-hydrogen) atoms. The number of hydrogen-bond donors (Lipinski definition) is 1. The number of rotatable bonds is 7. The highest BCUT2D eigenvalue weighted by molar-refractivity contribution is 5.36. The van der Waals surface area contributed by atoms with Gasteiger partial charge in [-0.2, -0.15) is 0 Å². The minimum absolute atomic E-state index is 0.323. The Morgan fingerprint density at radius 2 is 1.81 bits per heavy atom. The van der Waals surface area contributed by atoms with E-state index in [1.54, 1.807) is 0 Å². The summed E-state index contributed by atoms with van der Waals surface area (Å²) >= 11 is 0.